The van der Waals surface area contributed by atoms with Gasteiger partial charge in [0.2, 0.25) is 6.29 Å². The van der Waals surface area contributed by atoms with Crippen LogP contribution in [-0.2, 0) is 47.6 Å². The Morgan fingerprint density at radius 1 is 1.22 bits per heavy atom. The first-order chi connectivity index (χ1) is 17.0. The molecule has 3 heterocycles. The Bertz CT molecular complexity index is 905. The Balaban J connectivity index is 1.85. The second kappa shape index (κ2) is 9.59. The van der Waals surface area contributed by atoms with Gasteiger partial charge in [-0.1, -0.05) is 33.6 Å². The van der Waals surface area contributed by atoms with E-state index in [9.17, 15) is 19.2 Å². The molecule has 3 saturated heterocycles. The Kier molecular flexibility index (Phi) is 7.16. The number of fused-ring (bicyclic) bond motifs is 5. The maximum Gasteiger partial charge on any atom is 0.338 e. The summed E-state index contributed by atoms with van der Waals surface area (Å²) in [5.41, 5.74) is -2.60. The van der Waals surface area contributed by atoms with Crippen LogP contribution in [0.2, 0.25) is 0 Å². The van der Waals surface area contributed by atoms with Crippen molar-refractivity contribution in [2.24, 2.45) is 28.6 Å². The molecule has 10 nitrogen and oxygen atoms in total. The molecule has 4 fully saturated rings. The van der Waals surface area contributed by atoms with Crippen LogP contribution in [0.1, 0.15) is 66.7 Å². The molecule has 0 aromatic carbocycles. The molecule has 3 aliphatic heterocycles. The molecule has 0 bridgehead atoms. The van der Waals surface area contributed by atoms with Crippen molar-refractivity contribution in [2.45, 2.75) is 96.9 Å². The molecule has 4 aliphatic rings. The Labute approximate surface area is 211 Å². The summed E-state index contributed by atoms with van der Waals surface area (Å²) in [5.74, 6) is -2.29. The molecule has 4 rings (SSSR count). The fourth-order valence-electron chi connectivity index (χ4n) is 7.89. The molecule has 202 valence electrons. The van der Waals surface area contributed by atoms with E-state index in [1.807, 2.05) is 20.8 Å². The van der Waals surface area contributed by atoms with E-state index < -0.39 is 53.5 Å². The zero-order valence-electron chi connectivity index (χ0n) is 21.9. The highest BCUT2D eigenvalue weighted by Crippen LogP contribution is 2.76. The summed E-state index contributed by atoms with van der Waals surface area (Å²) < 4.78 is 34.4. The normalized spacial score (nSPS) is 42.1. The molecule has 0 aromatic rings. The molecular weight excluding hydrogens is 472 g/mol. The SMILES string of the molecule is CCCC[C@H](CC(C)OC=O)C12C(OC(=O)C1OCC(=O)OC)OC1(C)C3C(CC12C)OC(=O)C3C. The monoisotopic (exact) mass is 510 g/mol. The van der Waals surface area contributed by atoms with Crippen LogP contribution >= 0.6 is 0 Å². The molecule has 1 saturated carbocycles. The van der Waals surface area contributed by atoms with Crippen LogP contribution in [-0.4, -0.2) is 68.3 Å². The smallest absolute Gasteiger partial charge is 0.338 e. The first-order valence-electron chi connectivity index (χ1n) is 12.9. The molecule has 9 unspecified atom stereocenters. The van der Waals surface area contributed by atoms with Crippen molar-refractivity contribution >= 4 is 24.4 Å². The van der Waals surface area contributed by atoms with Gasteiger partial charge >= 0.3 is 17.9 Å². The Hall–Kier alpha value is -2.20. The lowest BCUT2D eigenvalue weighted by Gasteiger charge is -2.51. The summed E-state index contributed by atoms with van der Waals surface area (Å²) in [6.45, 7) is 9.78. The topological polar surface area (TPSA) is 124 Å². The lowest BCUT2D eigenvalue weighted by atomic mass is 9.50. The first-order valence-corrected chi connectivity index (χ1v) is 12.9. The van der Waals surface area contributed by atoms with E-state index in [1.54, 1.807) is 0 Å². The van der Waals surface area contributed by atoms with E-state index in [2.05, 4.69) is 13.8 Å². The van der Waals surface area contributed by atoms with Crippen LogP contribution < -0.4 is 0 Å². The van der Waals surface area contributed by atoms with Gasteiger partial charge < -0.3 is 28.4 Å². The quantitative estimate of drug-likeness (QED) is 0.233. The van der Waals surface area contributed by atoms with E-state index in [0.29, 0.717) is 25.7 Å². The number of carbonyl (C=O) groups excluding carboxylic acids is 4. The Morgan fingerprint density at radius 2 is 1.94 bits per heavy atom. The third-order valence-corrected chi connectivity index (χ3v) is 9.57. The van der Waals surface area contributed by atoms with Crippen LogP contribution in [0, 0.1) is 28.6 Å². The average molecular weight is 511 g/mol. The third-order valence-electron chi connectivity index (χ3n) is 9.57. The van der Waals surface area contributed by atoms with Gasteiger partial charge in [0.15, 0.2) is 6.10 Å². The minimum Gasteiger partial charge on any atom is -0.467 e. The van der Waals surface area contributed by atoms with Gasteiger partial charge in [0.1, 0.15) is 12.7 Å². The lowest BCUT2D eigenvalue weighted by molar-refractivity contribution is -0.193. The van der Waals surface area contributed by atoms with E-state index >= 15 is 0 Å². The molecule has 36 heavy (non-hydrogen) atoms. The maximum atomic E-state index is 13.3. The summed E-state index contributed by atoms with van der Waals surface area (Å²) >= 11 is 0. The number of esters is 3. The third kappa shape index (κ3) is 3.58. The highest BCUT2D eigenvalue weighted by Gasteiger charge is 2.85. The van der Waals surface area contributed by atoms with Crippen LogP contribution in [0.15, 0.2) is 0 Å². The first kappa shape index (κ1) is 26.9. The van der Waals surface area contributed by atoms with E-state index in [1.165, 1.54) is 7.11 Å². The van der Waals surface area contributed by atoms with Gasteiger partial charge in [-0.2, -0.15) is 0 Å². The van der Waals surface area contributed by atoms with Crippen molar-refractivity contribution in [3.63, 3.8) is 0 Å². The maximum absolute atomic E-state index is 13.3. The van der Waals surface area contributed by atoms with E-state index in [4.69, 9.17) is 28.4 Å². The minimum absolute atomic E-state index is 0.219. The molecular formula is C26H38O10. The highest BCUT2D eigenvalue weighted by atomic mass is 16.7. The van der Waals surface area contributed by atoms with Gasteiger partial charge in [-0.05, 0) is 39.0 Å². The van der Waals surface area contributed by atoms with Gasteiger partial charge in [0.25, 0.3) is 6.47 Å². The standard InChI is InChI=1S/C26H38O10/c1-7-8-9-16(10-14(2)33-13-27)26-20(32-12-18(28)31-6)22(30)35-23(26)36-25(5)19-15(3)21(29)34-17(19)11-24(25,26)4/h13-17,19-20,23H,7-12H2,1-6H3/t14?,15?,16-,17?,19?,20?,23?,24?,25?,26?/m1/s1. The largest absolute Gasteiger partial charge is 0.467 e. The van der Waals surface area contributed by atoms with Crippen LogP contribution in [0.3, 0.4) is 0 Å². The molecule has 10 heteroatoms. The predicted molar refractivity (Wildman–Crippen MR) is 123 cm³/mol. The molecule has 1 aliphatic carbocycles. The van der Waals surface area contributed by atoms with E-state index in [0.717, 1.165) is 12.8 Å². The van der Waals surface area contributed by atoms with Crippen molar-refractivity contribution in [1.82, 2.24) is 0 Å². The molecule has 0 N–H and O–H groups in total. The number of hydrogen-bond acceptors (Lipinski definition) is 10. The Morgan fingerprint density at radius 3 is 2.58 bits per heavy atom. The molecule has 0 aromatic heterocycles. The summed E-state index contributed by atoms with van der Waals surface area (Å²) in [6.07, 6.45) is 0.531. The zero-order chi connectivity index (χ0) is 26.5. The minimum atomic E-state index is -1.11. The average Bonchev–Trinajstić information content (AvgIpc) is 3.39. The number of carbonyl (C=O) groups is 4. The summed E-state index contributed by atoms with van der Waals surface area (Å²) in [7, 11) is 1.25. The molecule has 10 atom stereocenters. The lowest BCUT2D eigenvalue weighted by Crippen LogP contribution is -2.59. The number of unbranched alkanes of at least 4 members (excludes halogenated alkanes) is 1. The van der Waals surface area contributed by atoms with Crippen molar-refractivity contribution in [2.75, 3.05) is 13.7 Å². The van der Waals surface area contributed by atoms with Gasteiger partial charge in [0, 0.05) is 11.3 Å². The van der Waals surface area contributed by atoms with Crippen LogP contribution in [0.25, 0.3) is 0 Å². The van der Waals surface area contributed by atoms with Crippen LogP contribution in [0.5, 0.6) is 0 Å². The van der Waals surface area contributed by atoms with E-state index in [-0.39, 0.29) is 29.8 Å². The predicted octanol–water partition coefficient (Wildman–Crippen LogP) is 2.55. The fourth-order valence-corrected chi connectivity index (χ4v) is 7.89. The second-order valence-corrected chi connectivity index (χ2v) is 11.1. The number of ether oxygens (including phenoxy) is 6. The summed E-state index contributed by atoms with van der Waals surface area (Å²) in [5, 5.41) is 0. The van der Waals surface area contributed by atoms with Gasteiger partial charge in [0.05, 0.1) is 30.1 Å². The summed E-state index contributed by atoms with van der Waals surface area (Å²) in [6, 6.07) is 0. The highest BCUT2D eigenvalue weighted by molar-refractivity contribution is 5.81. The number of hydrogen-bond donors (Lipinski definition) is 0. The van der Waals surface area contributed by atoms with Gasteiger partial charge in [-0.3, -0.25) is 9.59 Å². The van der Waals surface area contributed by atoms with Crippen molar-refractivity contribution in [3.8, 4) is 0 Å². The van der Waals surface area contributed by atoms with Gasteiger partial charge in [-0.15, -0.1) is 0 Å². The van der Waals surface area contributed by atoms with Crippen molar-refractivity contribution < 1.29 is 47.6 Å². The number of rotatable bonds is 11. The zero-order valence-corrected chi connectivity index (χ0v) is 21.9. The molecule has 0 spiro atoms. The molecule has 0 amide bonds. The number of methoxy groups -OCH3 is 1. The van der Waals surface area contributed by atoms with Crippen LogP contribution in [0.4, 0.5) is 0 Å². The van der Waals surface area contributed by atoms with Gasteiger partial charge in [-0.25, -0.2) is 9.59 Å². The fraction of sp³-hybridized carbons (Fsp3) is 0.846. The molecule has 0 radical (unpaired) electrons. The van der Waals surface area contributed by atoms with Crippen molar-refractivity contribution in [3.05, 3.63) is 0 Å². The second-order valence-electron chi connectivity index (χ2n) is 11.1. The summed E-state index contributed by atoms with van der Waals surface area (Å²) in [4.78, 5) is 49.0. The van der Waals surface area contributed by atoms with Crippen molar-refractivity contribution in [1.29, 1.82) is 0 Å².